The first kappa shape index (κ1) is 15.0. The molecule has 3 unspecified atom stereocenters. The molecule has 0 saturated carbocycles. The van der Waals surface area contributed by atoms with Crippen LogP contribution in [0.3, 0.4) is 0 Å². The van der Waals surface area contributed by atoms with E-state index >= 15 is 0 Å². The van der Waals surface area contributed by atoms with Crippen LogP contribution in [0.15, 0.2) is 18.2 Å². The Bertz CT molecular complexity index is 484. The second-order valence-corrected chi connectivity index (χ2v) is 6.21. The quantitative estimate of drug-likeness (QED) is 0.889. The van der Waals surface area contributed by atoms with Crippen molar-refractivity contribution in [3.8, 4) is 0 Å². The second-order valence-electron chi connectivity index (χ2n) is 6.21. The largest absolute Gasteiger partial charge is 0.352 e. The van der Waals surface area contributed by atoms with Crippen molar-refractivity contribution in [1.29, 1.82) is 0 Å². The minimum atomic E-state index is 0.131. The summed E-state index contributed by atoms with van der Waals surface area (Å²) in [5, 5.41) is 6.69. The van der Waals surface area contributed by atoms with Crippen molar-refractivity contribution < 1.29 is 4.79 Å². The first-order valence-corrected chi connectivity index (χ1v) is 7.57. The van der Waals surface area contributed by atoms with Crippen molar-refractivity contribution in [3.05, 3.63) is 34.9 Å². The zero-order chi connectivity index (χ0) is 14.7. The van der Waals surface area contributed by atoms with Gasteiger partial charge in [0.2, 0.25) is 5.91 Å². The molecule has 3 heteroatoms. The van der Waals surface area contributed by atoms with Crippen LogP contribution < -0.4 is 10.6 Å². The minimum Gasteiger partial charge on any atom is -0.352 e. The van der Waals surface area contributed by atoms with Crippen LogP contribution in [0.5, 0.6) is 0 Å². The third-order valence-electron chi connectivity index (χ3n) is 4.26. The van der Waals surface area contributed by atoms with E-state index in [-0.39, 0.29) is 11.9 Å². The Kier molecular flexibility index (Phi) is 4.81. The molecule has 3 nitrogen and oxygen atoms in total. The summed E-state index contributed by atoms with van der Waals surface area (Å²) in [4.78, 5) is 12.2. The third-order valence-corrected chi connectivity index (χ3v) is 4.26. The van der Waals surface area contributed by atoms with Crippen LogP contribution in [0, 0.1) is 13.8 Å². The lowest BCUT2D eigenvalue weighted by atomic mass is 9.95. The van der Waals surface area contributed by atoms with Gasteiger partial charge in [-0.2, -0.15) is 0 Å². The fourth-order valence-corrected chi connectivity index (χ4v) is 2.95. The number of piperidine rings is 1. The Morgan fingerprint density at radius 1 is 1.30 bits per heavy atom. The Morgan fingerprint density at radius 3 is 2.75 bits per heavy atom. The molecule has 0 aliphatic carbocycles. The molecule has 1 fully saturated rings. The molecule has 1 aromatic rings. The maximum absolute atomic E-state index is 12.2. The SMILES string of the molecule is Cc1ccc(C)c(CC(=O)NC2CCC(C)NC2C)c1. The molecule has 0 radical (unpaired) electrons. The van der Waals surface area contributed by atoms with Gasteiger partial charge >= 0.3 is 0 Å². The molecule has 1 heterocycles. The van der Waals surface area contributed by atoms with E-state index in [0.717, 1.165) is 18.4 Å². The normalized spacial score (nSPS) is 26.3. The Hall–Kier alpha value is -1.35. The lowest BCUT2D eigenvalue weighted by Crippen LogP contribution is -2.55. The summed E-state index contributed by atoms with van der Waals surface area (Å²) in [5.74, 6) is 0.131. The van der Waals surface area contributed by atoms with Crippen molar-refractivity contribution in [2.45, 2.75) is 65.1 Å². The first-order valence-electron chi connectivity index (χ1n) is 7.57. The van der Waals surface area contributed by atoms with Crippen LogP contribution in [0.2, 0.25) is 0 Å². The number of hydrogen-bond acceptors (Lipinski definition) is 2. The maximum atomic E-state index is 12.2. The van der Waals surface area contributed by atoms with E-state index < -0.39 is 0 Å². The summed E-state index contributed by atoms with van der Waals surface area (Å²) in [6.07, 6.45) is 2.67. The highest BCUT2D eigenvalue weighted by molar-refractivity contribution is 5.79. The van der Waals surface area contributed by atoms with Crippen LogP contribution in [0.1, 0.15) is 43.4 Å². The highest BCUT2D eigenvalue weighted by Crippen LogP contribution is 2.15. The zero-order valence-electron chi connectivity index (χ0n) is 13.0. The molecule has 3 atom stereocenters. The smallest absolute Gasteiger partial charge is 0.224 e. The van der Waals surface area contributed by atoms with Crippen molar-refractivity contribution in [3.63, 3.8) is 0 Å². The van der Waals surface area contributed by atoms with Gasteiger partial charge in [-0.1, -0.05) is 23.8 Å². The van der Waals surface area contributed by atoms with Gasteiger partial charge in [0.1, 0.15) is 0 Å². The molecule has 1 amide bonds. The highest BCUT2D eigenvalue weighted by atomic mass is 16.1. The summed E-state index contributed by atoms with van der Waals surface area (Å²) in [6.45, 7) is 8.48. The Morgan fingerprint density at radius 2 is 2.05 bits per heavy atom. The van der Waals surface area contributed by atoms with Gasteiger partial charge in [-0.25, -0.2) is 0 Å². The third kappa shape index (κ3) is 3.83. The summed E-state index contributed by atoms with van der Waals surface area (Å²) in [6, 6.07) is 7.44. The van der Waals surface area contributed by atoms with Gasteiger partial charge in [0.15, 0.2) is 0 Å². The zero-order valence-corrected chi connectivity index (χ0v) is 13.0. The van der Waals surface area contributed by atoms with Gasteiger partial charge in [0.25, 0.3) is 0 Å². The molecule has 0 bridgehead atoms. The molecular formula is C17H26N2O. The van der Waals surface area contributed by atoms with Crippen molar-refractivity contribution >= 4 is 5.91 Å². The molecule has 1 aliphatic heterocycles. The number of nitrogens with one attached hydrogen (secondary N) is 2. The summed E-state index contributed by atoms with van der Waals surface area (Å²) < 4.78 is 0. The Balaban J connectivity index is 1.94. The van der Waals surface area contributed by atoms with Crippen molar-refractivity contribution in [1.82, 2.24) is 10.6 Å². The van der Waals surface area contributed by atoms with Crippen molar-refractivity contribution in [2.24, 2.45) is 0 Å². The van der Waals surface area contributed by atoms with Crippen LogP contribution in [-0.4, -0.2) is 24.0 Å². The van der Waals surface area contributed by atoms with E-state index in [9.17, 15) is 4.79 Å². The van der Waals surface area contributed by atoms with E-state index in [4.69, 9.17) is 0 Å². The maximum Gasteiger partial charge on any atom is 0.224 e. The standard InChI is InChI=1S/C17H26N2O/c1-11-5-6-12(2)15(9-11)10-17(20)19-16-8-7-13(3)18-14(16)4/h5-6,9,13-14,16,18H,7-8,10H2,1-4H3,(H,19,20). The average molecular weight is 274 g/mol. The number of carbonyl (C=O) groups excluding carboxylic acids is 1. The predicted octanol–water partition coefficient (Wildman–Crippen LogP) is 2.49. The second kappa shape index (κ2) is 6.40. The number of carbonyl (C=O) groups is 1. The number of aryl methyl sites for hydroxylation is 2. The van der Waals surface area contributed by atoms with E-state index in [0.29, 0.717) is 18.5 Å². The van der Waals surface area contributed by atoms with E-state index in [1.54, 1.807) is 0 Å². The fourth-order valence-electron chi connectivity index (χ4n) is 2.95. The lowest BCUT2D eigenvalue weighted by Gasteiger charge is -2.34. The molecule has 2 rings (SSSR count). The van der Waals surface area contributed by atoms with Gasteiger partial charge < -0.3 is 10.6 Å². The van der Waals surface area contributed by atoms with Crippen molar-refractivity contribution in [2.75, 3.05) is 0 Å². The Labute approximate surface area is 122 Å². The number of amides is 1. The predicted molar refractivity (Wildman–Crippen MR) is 82.8 cm³/mol. The van der Waals surface area contributed by atoms with Crippen LogP contribution >= 0.6 is 0 Å². The molecule has 1 aromatic carbocycles. The molecule has 2 N–H and O–H groups in total. The average Bonchev–Trinajstić information content (AvgIpc) is 2.37. The van der Waals surface area contributed by atoms with E-state index in [2.05, 4.69) is 56.5 Å². The fraction of sp³-hybridized carbons (Fsp3) is 0.588. The van der Waals surface area contributed by atoms with Crippen LogP contribution in [0.25, 0.3) is 0 Å². The molecule has 20 heavy (non-hydrogen) atoms. The van der Waals surface area contributed by atoms with Gasteiger partial charge in [-0.3, -0.25) is 4.79 Å². The molecule has 110 valence electrons. The lowest BCUT2D eigenvalue weighted by molar-refractivity contribution is -0.121. The molecule has 0 aromatic heterocycles. The molecule has 1 saturated heterocycles. The number of benzene rings is 1. The highest BCUT2D eigenvalue weighted by Gasteiger charge is 2.25. The van der Waals surface area contributed by atoms with Crippen LogP contribution in [0.4, 0.5) is 0 Å². The van der Waals surface area contributed by atoms with E-state index in [1.807, 2.05) is 0 Å². The summed E-state index contributed by atoms with van der Waals surface area (Å²) >= 11 is 0. The summed E-state index contributed by atoms with van der Waals surface area (Å²) in [7, 11) is 0. The van der Waals surface area contributed by atoms with Crippen LogP contribution in [-0.2, 0) is 11.2 Å². The van der Waals surface area contributed by atoms with E-state index in [1.165, 1.54) is 11.1 Å². The van der Waals surface area contributed by atoms with Gasteiger partial charge in [0.05, 0.1) is 6.42 Å². The minimum absolute atomic E-state index is 0.131. The van der Waals surface area contributed by atoms with Gasteiger partial charge in [0, 0.05) is 18.1 Å². The topological polar surface area (TPSA) is 41.1 Å². The van der Waals surface area contributed by atoms with Gasteiger partial charge in [-0.15, -0.1) is 0 Å². The number of rotatable bonds is 3. The molecular weight excluding hydrogens is 248 g/mol. The molecule has 1 aliphatic rings. The molecule has 0 spiro atoms. The summed E-state index contributed by atoms with van der Waals surface area (Å²) in [5.41, 5.74) is 3.53. The monoisotopic (exact) mass is 274 g/mol. The first-order chi connectivity index (χ1) is 9.45. The number of hydrogen-bond donors (Lipinski definition) is 2. The van der Waals surface area contributed by atoms with Gasteiger partial charge in [-0.05, 0) is 51.7 Å².